The first-order chi connectivity index (χ1) is 13.5. The fourth-order valence-corrected chi connectivity index (χ4v) is 3.70. The highest BCUT2D eigenvalue weighted by molar-refractivity contribution is 7.12. The minimum atomic E-state index is -0.788. The fraction of sp³-hybridized carbons (Fsp3) is 0.143. The van der Waals surface area contributed by atoms with Crippen LogP contribution in [-0.2, 0) is 11.3 Å². The minimum Gasteiger partial charge on any atom is -0.339 e. The Hall–Kier alpha value is -2.34. The first-order valence-corrected chi connectivity index (χ1v) is 10.2. The lowest BCUT2D eigenvalue weighted by atomic mass is 10.0. The maximum Gasteiger partial charge on any atom is 0.262 e. The zero-order valence-corrected chi connectivity index (χ0v) is 17.4. The molecule has 1 atom stereocenters. The molecular weight excluding hydrogens is 415 g/mol. The van der Waals surface area contributed by atoms with E-state index in [1.165, 1.54) is 11.3 Å². The average Bonchev–Trinajstić information content (AvgIpc) is 3.24. The molecule has 0 aliphatic carbocycles. The van der Waals surface area contributed by atoms with Gasteiger partial charge in [0.1, 0.15) is 6.04 Å². The van der Waals surface area contributed by atoms with Crippen molar-refractivity contribution < 1.29 is 9.59 Å². The second-order valence-corrected chi connectivity index (χ2v) is 8.00. The van der Waals surface area contributed by atoms with E-state index in [4.69, 9.17) is 23.2 Å². The largest absolute Gasteiger partial charge is 0.339 e. The number of hydrogen-bond donors (Lipinski definition) is 1. The molecule has 2 aromatic carbocycles. The molecule has 144 valence electrons. The lowest BCUT2D eigenvalue weighted by molar-refractivity contribution is -0.132. The third kappa shape index (κ3) is 4.93. The molecule has 28 heavy (non-hydrogen) atoms. The Balaban J connectivity index is 1.81. The summed E-state index contributed by atoms with van der Waals surface area (Å²) in [5, 5.41) is 5.58. The quantitative estimate of drug-likeness (QED) is 0.582. The molecule has 0 fully saturated rings. The van der Waals surface area contributed by atoms with Crippen LogP contribution in [-0.4, -0.2) is 23.8 Å². The van der Waals surface area contributed by atoms with E-state index in [9.17, 15) is 9.59 Å². The Bertz CT molecular complexity index is 962. The molecule has 1 unspecified atom stereocenters. The number of amides is 2. The number of rotatable bonds is 6. The van der Waals surface area contributed by atoms with Crippen LogP contribution in [0.15, 0.2) is 66.0 Å². The van der Waals surface area contributed by atoms with E-state index in [-0.39, 0.29) is 11.8 Å². The highest BCUT2D eigenvalue weighted by Gasteiger charge is 2.26. The number of hydrogen-bond acceptors (Lipinski definition) is 3. The number of nitrogens with one attached hydrogen (secondary N) is 1. The van der Waals surface area contributed by atoms with Gasteiger partial charge < -0.3 is 10.2 Å². The summed E-state index contributed by atoms with van der Waals surface area (Å²) < 4.78 is 0. The molecule has 7 heteroatoms. The fourth-order valence-electron chi connectivity index (χ4n) is 2.75. The van der Waals surface area contributed by atoms with Gasteiger partial charge in [0.05, 0.1) is 14.9 Å². The lowest BCUT2D eigenvalue weighted by Crippen LogP contribution is -2.40. The zero-order valence-electron chi connectivity index (χ0n) is 15.1. The Morgan fingerprint density at radius 2 is 1.79 bits per heavy atom. The Morgan fingerprint density at radius 1 is 1.04 bits per heavy atom. The van der Waals surface area contributed by atoms with Gasteiger partial charge in [0, 0.05) is 13.6 Å². The summed E-state index contributed by atoms with van der Waals surface area (Å²) in [7, 11) is 1.69. The molecule has 0 saturated heterocycles. The summed E-state index contributed by atoms with van der Waals surface area (Å²) in [6, 6.07) is 17.2. The third-order valence-corrected chi connectivity index (χ3v) is 5.79. The molecule has 0 aliphatic heterocycles. The number of halogens is 2. The molecule has 3 rings (SSSR count). The van der Waals surface area contributed by atoms with Crippen molar-refractivity contribution in [1.29, 1.82) is 0 Å². The Labute approximate surface area is 177 Å². The molecule has 1 heterocycles. The number of nitrogens with zero attached hydrogens (tertiary/aromatic N) is 1. The molecule has 0 radical (unpaired) electrons. The maximum absolute atomic E-state index is 13.2. The topological polar surface area (TPSA) is 49.4 Å². The zero-order chi connectivity index (χ0) is 20.1. The molecular formula is C21H18Cl2N2O2S. The van der Waals surface area contributed by atoms with Crippen LogP contribution in [0.3, 0.4) is 0 Å². The van der Waals surface area contributed by atoms with E-state index >= 15 is 0 Å². The number of carbonyl (C=O) groups is 2. The molecule has 4 nitrogen and oxygen atoms in total. The monoisotopic (exact) mass is 432 g/mol. The van der Waals surface area contributed by atoms with Crippen LogP contribution in [0, 0.1) is 0 Å². The summed E-state index contributed by atoms with van der Waals surface area (Å²) in [4.78, 5) is 27.8. The van der Waals surface area contributed by atoms with E-state index < -0.39 is 6.04 Å². The highest BCUT2D eigenvalue weighted by Crippen LogP contribution is 2.24. The van der Waals surface area contributed by atoms with Gasteiger partial charge in [-0.1, -0.05) is 65.7 Å². The summed E-state index contributed by atoms with van der Waals surface area (Å²) in [6.45, 7) is 0.341. The molecule has 0 saturated carbocycles. The van der Waals surface area contributed by atoms with E-state index in [1.54, 1.807) is 36.2 Å². The molecule has 2 amide bonds. The van der Waals surface area contributed by atoms with Gasteiger partial charge in [-0.05, 0) is 34.7 Å². The molecule has 1 aromatic heterocycles. The van der Waals surface area contributed by atoms with Crippen LogP contribution in [0.4, 0.5) is 0 Å². The van der Waals surface area contributed by atoms with Gasteiger partial charge in [-0.25, -0.2) is 0 Å². The van der Waals surface area contributed by atoms with E-state index in [0.29, 0.717) is 21.5 Å². The second-order valence-electron chi connectivity index (χ2n) is 6.24. The van der Waals surface area contributed by atoms with Crippen molar-refractivity contribution in [2.75, 3.05) is 7.05 Å². The minimum absolute atomic E-state index is 0.220. The van der Waals surface area contributed by atoms with Crippen molar-refractivity contribution in [3.05, 3.63) is 92.1 Å². The summed E-state index contributed by atoms with van der Waals surface area (Å²) in [5.41, 5.74) is 1.57. The summed E-state index contributed by atoms with van der Waals surface area (Å²) in [5.74, 6) is -0.498. The van der Waals surface area contributed by atoms with Crippen LogP contribution < -0.4 is 5.32 Å². The first-order valence-electron chi connectivity index (χ1n) is 8.54. The number of likely N-dealkylation sites (N-methyl/N-ethyl adjacent to an activating group) is 1. The maximum atomic E-state index is 13.2. The Kier molecular flexibility index (Phi) is 6.73. The standard InChI is InChI=1S/C21H18Cl2N2O2S/c1-25(13-14-9-10-16(22)17(23)12-14)21(27)19(15-6-3-2-4-7-15)24-20(26)18-8-5-11-28-18/h2-12,19H,13H2,1H3,(H,24,26). The van der Waals surface area contributed by atoms with Crippen LogP contribution in [0.5, 0.6) is 0 Å². The predicted molar refractivity (Wildman–Crippen MR) is 114 cm³/mol. The molecule has 0 bridgehead atoms. The van der Waals surface area contributed by atoms with Gasteiger partial charge in [0.2, 0.25) is 5.91 Å². The normalized spacial score (nSPS) is 11.7. The number of thiophene rings is 1. The molecule has 1 N–H and O–H groups in total. The predicted octanol–water partition coefficient (Wildman–Crippen LogP) is 5.18. The van der Waals surface area contributed by atoms with Crippen LogP contribution in [0.1, 0.15) is 26.8 Å². The third-order valence-electron chi connectivity index (χ3n) is 4.18. The lowest BCUT2D eigenvalue weighted by Gasteiger charge is -2.25. The summed E-state index contributed by atoms with van der Waals surface area (Å²) in [6.07, 6.45) is 0. The van der Waals surface area contributed by atoms with Gasteiger partial charge >= 0.3 is 0 Å². The van der Waals surface area contributed by atoms with Crippen LogP contribution >= 0.6 is 34.5 Å². The number of carbonyl (C=O) groups excluding carboxylic acids is 2. The van der Waals surface area contributed by atoms with Crippen molar-refractivity contribution in [3.8, 4) is 0 Å². The van der Waals surface area contributed by atoms with E-state index in [2.05, 4.69) is 5.32 Å². The Morgan fingerprint density at radius 3 is 2.43 bits per heavy atom. The van der Waals surface area contributed by atoms with Gasteiger partial charge in [0.25, 0.3) is 5.91 Å². The average molecular weight is 433 g/mol. The highest BCUT2D eigenvalue weighted by atomic mass is 35.5. The van der Waals surface area contributed by atoms with Gasteiger partial charge in [0.15, 0.2) is 0 Å². The molecule has 3 aromatic rings. The number of benzene rings is 2. The van der Waals surface area contributed by atoms with E-state index in [1.807, 2.05) is 41.8 Å². The van der Waals surface area contributed by atoms with Crippen molar-refractivity contribution in [3.63, 3.8) is 0 Å². The smallest absolute Gasteiger partial charge is 0.262 e. The molecule has 0 aliphatic rings. The van der Waals surface area contributed by atoms with Gasteiger partial charge in [-0.2, -0.15) is 0 Å². The molecule has 0 spiro atoms. The van der Waals surface area contributed by atoms with Crippen LogP contribution in [0.25, 0.3) is 0 Å². The van der Waals surface area contributed by atoms with Gasteiger partial charge in [-0.3, -0.25) is 9.59 Å². The van der Waals surface area contributed by atoms with Crippen molar-refractivity contribution in [2.45, 2.75) is 12.6 Å². The van der Waals surface area contributed by atoms with E-state index in [0.717, 1.165) is 11.1 Å². The van der Waals surface area contributed by atoms with Crippen LogP contribution in [0.2, 0.25) is 10.0 Å². The van der Waals surface area contributed by atoms with Gasteiger partial charge in [-0.15, -0.1) is 11.3 Å². The van der Waals surface area contributed by atoms with Crippen molar-refractivity contribution in [2.24, 2.45) is 0 Å². The van der Waals surface area contributed by atoms with Crippen molar-refractivity contribution >= 4 is 46.4 Å². The summed E-state index contributed by atoms with van der Waals surface area (Å²) >= 11 is 13.4. The first kappa shape index (κ1) is 20.4. The second kappa shape index (κ2) is 9.24. The SMILES string of the molecule is CN(Cc1ccc(Cl)c(Cl)c1)C(=O)C(NC(=O)c1cccs1)c1ccccc1. The van der Waals surface area contributed by atoms with Crippen molar-refractivity contribution in [1.82, 2.24) is 10.2 Å².